The number of benzene rings is 1. The molecule has 122 valence electrons. The van der Waals surface area contributed by atoms with Crippen LogP contribution in [-0.4, -0.2) is 15.5 Å². The molecule has 1 heterocycles. The Balaban J connectivity index is 2.12. The zero-order valence-corrected chi connectivity index (χ0v) is 13.8. The lowest BCUT2D eigenvalue weighted by atomic mass is 10.1. The smallest absolute Gasteiger partial charge is 0.287 e. The first-order valence-corrected chi connectivity index (χ1v) is 7.37. The highest BCUT2D eigenvalue weighted by Crippen LogP contribution is 2.25. The van der Waals surface area contributed by atoms with Gasteiger partial charge in [0.2, 0.25) is 0 Å². The molecule has 0 radical (unpaired) electrons. The molecular formula is C17H21N3O3. The van der Waals surface area contributed by atoms with Gasteiger partial charge in [0.15, 0.2) is 0 Å². The van der Waals surface area contributed by atoms with Gasteiger partial charge in [-0.1, -0.05) is 12.1 Å². The minimum Gasteiger partial charge on any atom is -0.488 e. The van der Waals surface area contributed by atoms with Crippen LogP contribution in [0.4, 0.5) is 11.5 Å². The third-order valence-electron chi connectivity index (χ3n) is 3.06. The maximum absolute atomic E-state index is 10.6. The van der Waals surface area contributed by atoms with Crippen molar-refractivity contribution in [2.24, 2.45) is 0 Å². The molecule has 0 fully saturated rings. The molecule has 2 aromatic rings. The third-order valence-corrected chi connectivity index (χ3v) is 3.06. The van der Waals surface area contributed by atoms with Gasteiger partial charge < -0.3 is 10.1 Å². The molecule has 0 aliphatic rings. The van der Waals surface area contributed by atoms with Crippen molar-refractivity contribution in [1.82, 2.24) is 4.98 Å². The second kappa shape index (κ2) is 6.64. The number of anilines is 1. The minimum absolute atomic E-state index is 0.0253. The summed E-state index contributed by atoms with van der Waals surface area (Å²) in [5.74, 6) is 1.41. The van der Waals surface area contributed by atoms with Crippen LogP contribution in [0.5, 0.6) is 5.75 Å². The van der Waals surface area contributed by atoms with Gasteiger partial charge in [-0.3, -0.25) is 10.1 Å². The fourth-order valence-electron chi connectivity index (χ4n) is 2.02. The second-order valence-corrected chi connectivity index (χ2v) is 6.34. The van der Waals surface area contributed by atoms with Gasteiger partial charge in [-0.2, -0.15) is 0 Å². The summed E-state index contributed by atoms with van der Waals surface area (Å²) in [6, 6.07) is 9.06. The van der Waals surface area contributed by atoms with E-state index >= 15 is 0 Å². The average Bonchev–Trinajstić information content (AvgIpc) is 2.45. The highest BCUT2D eigenvalue weighted by Gasteiger charge is 2.15. The van der Waals surface area contributed by atoms with Crippen molar-refractivity contribution in [3.63, 3.8) is 0 Å². The fourth-order valence-corrected chi connectivity index (χ4v) is 2.02. The lowest BCUT2D eigenvalue weighted by Crippen LogP contribution is -2.24. The highest BCUT2D eigenvalue weighted by molar-refractivity contribution is 5.44. The Kier molecular flexibility index (Phi) is 4.83. The summed E-state index contributed by atoms with van der Waals surface area (Å²) in [6.07, 6.45) is 1.24. The van der Waals surface area contributed by atoms with Gasteiger partial charge in [-0.15, -0.1) is 0 Å². The van der Waals surface area contributed by atoms with E-state index in [1.165, 1.54) is 12.3 Å². The molecule has 0 spiro atoms. The molecule has 6 heteroatoms. The molecule has 1 aromatic heterocycles. The van der Waals surface area contributed by atoms with E-state index in [0.29, 0.717) is 12.4 Å². The van der Waals surface area contributed by atoms with E-state index in [0.717, 1.165) is 16.9 Å². The zero-order valence-electron chi connectivity index (χ0n) is 13.8. The van der Waals surface area contributed by atoms with Crippen LogP contribution in [0.15, 0.2) is 36.5 Å². The maximum atomic E-state index is 10.6. The maximum Gasteiger partial charge on any atom is 0.287 e. The van der Waals surface area contributed by atoms with Crippen molar-refractivity contribution in [2.75, 3.05) is 5.32 Å². The van der Waals surface area contributed by atoms with E-state index in [1.54, 1.807) is 6.07 Å². The number of nitrogens with one attached hydrogen (secondary N) is 1. The van der Waals surface area contributed by atoms with Gasteiger partial charge in [-0.25, -0.2) is 4.98 Å². The molecule has 0 saturated carbocycles. The number of aryl methyl sites for hydroxylation is 1. The summed E-state index contributed by atoms with van der Waals surface area (Å²) in [5.41, 5.74) is 1.82. The Hall–Kier alpha value is -2.63. The first-order chi connectivity index (χ1) is 10.7. The zero-order chi connectivity index (χ0) is 17.0. The Morgan fingerprint density at radius 3 is 2.57 bits per heavy atom. The third kappa shape index (κ3) is 4.95. The number of nitrogens with zero attached hydrogens (tertiary/aromatic N) is 2. The summed E-state index contributed by atoms with van der Waals surface area (Å²) < 4.78 is 6.00. The van der Waals surface area contributed by atoms with E-state index in [9.17, 15) is 10.1 Å². The Bertz CT molecular complexity index is 691. The Labute approximate surface area is 135 Å². The Morgan fingerprint density at radius 1 is 1.26 bits per heavy atom. The molecule has 0 unspecified atom stereocenters. The van der Waals surface area contributed by atoms with Gasteiger partial charge in [0.25, 0.3) is 5.69 Å². The van der Waals surface area contributed by atoms with Crippen molar-refractivity contribution in [2.45, 2.75) is 39.8 Å². The molecule has 23 heavy (non-hydrogen) atoms. The molecular weight excluding hydrogens is 294 g/mol. The van der Waals surface area contributed by atoms with Crippen molar-refractivity contribution in [3.8, 4) is 5.75 Å². The first kappa shape index (κ1) is 16.7. The van der Waals surface area contributed by atoms with Gasteiger partial charge in [0, 0.05) is 18.2 Å². The standard InChI is InChI=1S/C17H21N3O3/c1-12-5-6-13(15(9-12)23-17(2,3)4)10-18-16-8-7-14(11-19-16)20(21)22/h5-9,11H,10H2,1-4H3,(H,18,19). The van der Waals surface area contributed by atoms with Crippen LogP contribution in [0.1, 0.15) is 31.9 Å². The van der Waals surface area contributed by atoms with Crippen LogP contribution in [0, 0.1) is 17.0 Å². The predicted octanol–water partition coefficient (Wildman–Crippen LogP) is 4.09. The van der Waals surface area contributed by atoms with E-state index in [4.69, 9.17) is 4.74 Å². The van der Waals surface area contributed by atoms with Gasteiger partial charge >= 0.3 is 0 Å². The number of hydrogen-bond acceptors (Lipinski definition) is 5. The molecule has 0 bridgehead atoms. The van der Waals surface area contributed by atoms with Gasteiger partial charge in [0.1, 0.15) is 23.4 Å². The summed E-state index contributed by atoms with van der Waals surface area (Å²) in [7, 11) is 0. The van der Waals surface area contributed by atoms with Crippen LogP contribution in [0.25, 0.3) is 0 Å². The lowest BCUT2D eigenvalue weighted by molar-refractivity contribution is -0.385. The quantitative estimate of drug-likeness (QED) is 0.664. The molecule has 1 N–H and O–H groups in total. The number of pyridine rings is 1. The predicted molar refractivity (Wildman–Crippen MR) is 89.8 cm³/mol. The number of aromatic nitrogens is 1. The normalized spacial score (nSPS) is 11.1. The van der Waals surface area contributed by atoms with Crippen LogP contribution in [0.3, 0.4) is 0 Å². The molecule has 0 saturated heterocycles. The van der Waals surface area contributed by atoms with Crippen LogP contribution in [-0.2, 0) is 6.54 Å². The van der Waals surface area contributed by atoms with Crippen LogP contribution >= 0.6 is 0 Å². The molecule has 0 amide bonds. The number of rotatable bonds is 5. The monoisotopic (exact) mass is 315 g/mol. The van der Waals surface area contributed by atoms with Gasteiger partial charge in [0.05, 0.1) is 4.92 Å². The van der Waals surface area contributed by atoms with Crippen molar-refractivity contribution in [1.29, 1.82) is 0 Å². The number of ether oxygens (including phenoxy) is 1. The topological polar surface area (TPSA) is 77.3 Å². The van der Waals surface area contributed by atoms with E-state index in [2.05, 4.69) is 10.3 Å². The van der Waals surface area contributed by atoms with Gasteiger partial charge in [-0.05, 0) is 45.4 Å². The summed E-state index contributed by atoms with van der Waals surface area (Å²) in [5, 5.41) is 13.8. The minimum atomic E-state index is -0.466. The summed E-state index contributed by atoms with van der Waals surface area (Å²) >= 11 is 0. The molecule has 6 nitrogen and oxygen atoms in total. The summed E-state index contributed by atoms with van der Waals surface area (Å²) in [4.78, 5) is 14.2. The highest BCUT2D eigenvalue weighted by atomic mass is 16.6. The number of hydrogen-bond donors (Lipinski definition) is 1. The number of nitro groups is 1. The largest absolute Gasteiger partial charge is 0.488 e. The Morgan fingerprint density at radius 2 is 2.00 bits per heavy atom. The molecule has 0 aliphatic heterocycles. The molecule has 0 aliphatic carbocycles. The molecule has 1 aromatic carbocycles. The lowest BCUT2D eigenvalue weighted by Gasteiger charge is -2.24. The first-order valence-electron chi connectivity index (χ1n) is 7.37. The van der Waals surface area contributed by atoms with E-state index in [1.807, 2.05) is 45.9 Å². The molecule has 0 atom stereocenters. The van der Waals surface area contributed by atoms with Crippen molar-refractivity contribution < 1.29 is 9.66 Å². The SMILES string of the molecule is Cc1ccc(CNc2ccc([N+](=O)[O-])cn2)c(OC(C)(C)C)c1. The van der Waals surface area contributed by atoms with E-state index in [-0.39, 0.29) is 11.3 Å². The van der Waals surface area contributed by atoms with Crippen molar-refractivity contribution in [3.05, 3.63) is 57.8 Å². The summed E-state index contributed by atoms with van der Waals surface area (Å²) in [6.45, 7) is 8.56. The van der Waals surface area contributed by atoms with E-state index < -0.39 is 4.92 Å². The fraction of sp³-hybridized carbons (Fsp3) is 0.353. The average molecular weight is 315 g/mol. The van der Waals surface area contributed by atoms with Crippen LogP contribution in [0.2, 0.25) is 0 Å². The second-order valence-electron chi connectivity index (χ2n) is 6.34. The molecule has 2 rings (SSSR count). The van der Waals surface area contributed by atoms with Crippen LogP contribution < -0.4 is 10.1 Å². The van der Waals surface area contributed by atoms with Crippen molar-refractivity contribution >= 4 is 11.5 Å².